The zero-order valence-electron chi connectivity index (χ0n) is 17.8. The molecule has 170 valence electrons. The molecule has 0 unspecified atom stereocenters. The summed E-state index contributed by atoms with van der Waals surface area (Å²) in [7, 11) is 1.48. The second-order valence-corrected chi connectivity index (χ2v) is 8.35. The predicted octanol–water partition coefficient (Wildman–Crippen LogP) is 5.80. The van der Waals surface area contributed by atoms with Crippen molar-refractivity contribution in [2.24, 2.45) is 5.92 Å². The van der Waals surface area contributed by atoms with E-state index in [1.54, 1.807) is 29.6 Å². The van der Waals surface area contributed by atoms with Crippen LogP contribution < -0.4 is 14.8 Å². The fraction of sp³-hybridized carbons (Fsp3) is 0.304. The zero-order chi connectivity index (χ0) is 23.3. The summed E-state index contributed by atoms with van der Waals surface area (Å²) in [5, 5.41) is 5.16. The number of carbonyl (C=O) groups excluding carboxylic acids is 1. The summed E-state index contributed by atoms with van der Waals surface area (Å²) in [5.74, 6) is 0.912. The molecular formula is C23H23F3N2O3S. The lowest BCUT2D eigenvalue weighted by Crippen LogP contribution is -2.27. The Morgan fingerprint density at radius 3 is 2.62 bits per heavy atom. The van der Waals surface area contributed by atoms with Crippen molar-refractivity contribution in [1.29, 1.82) is 0 Å². The molecular weight excluding hydrogens is 441 g/mol. The first-order chi connectivity index (χ1) is 15.2. The molecule has 32 heavy (non-hydrogen) atoms. The summed E-state index contributed by atoms with van der Waals surface area (Å²) in [6, 6.07) is 10.1. The zero-order valence-corrected chi connectivity index (χ0v) is 18.6. The van der Waals surface area contributed by atoms with Gasteiger partial charge in [-0.2, -0.15) is 13.2 Å². The third kappa shape index (κ3) is 6.00. The van der Waals surface area contributed by atoms with E-state index in [1.807, 2.05) is 13.8 Å². The minimum atomic E-state index is -4.41. The fourth-order valence-corrected chi connectivity index (χ4v) is 3.61. The van der Waals surface area contributed by atoms with Crippen molar-refractivity contribution < 1.29 is 27.4 Å². The van der Waals surface area contributed by atoms with Crippen LogP contribution in [-0.2, 0) is 12.8 Å². The monoisotopic (exact) mass is 464 g/mol. The number of hydrogen-bond donors (Lipinski definition) is 1. The summed E-state index contributed by atoms with van der Waals surface area (Å²) in [5.41, 5.74) is 0.747. The lowest BCUT2D eigenvalue weighted by molar-refractivity contribution is -0.137. The Balaban J connectivity index is 1.72. The Labute approximate surface area is 188 Å². The largest absolute Gasteiger partial charge is 0.493 e. The van der Waals surface area contributed by atoms with Gasteiger partial charge in [0.15, 0.2) is 11.5 Å². The van der Waals surface area contributed by atoms with E-state index in [0.717, 1.165) is 17.7 Å². The summed E-state index contributed by atoms with van der Waals surface area (Å²) in [6.07, 6.45) is -4.41. The minimum Gasteiger partial charge on any atom is -0.493 e. The van der Waals surface area contributed by atoms with E-state index in [1.165, 1.54) is 24.5 Å². The maximum atomic E-state index is 12.9. The number of thiazole rings is 1. The maximum absolute atomic E-state index is 12.9. The lowest BCUT2D eigenvalue weighted by Gasteiger charge is -2.13. The highest BCUT2D eigenvalue weighted by atomic mass is 32.1. The number of methoxy groups -OCH3 is 1. The first kappa shape index (κ1) is 23.6. The van der Waals surface area contributed by atoms with E-state index in [9.17, 15) is 18.0 Å². The van der Waals surface area contributed by atoms with E-state index in [0.29, 0.717) is 40.2 Å². The molecule has 0 bridgehead atoms. The third-order valence-corrected chi connectivity index (χ3v) is 5.36. The molecule has 1 N–H and O–H groups in total. The second-order valence-electron chi connectivity index (χ2n) is 7.49. The van der Waals surface area contributed by atoms with Crippen LogP contribution >= 0.6 is 11.3 Å². The molecule has 0 aliphatic heterocycles. The molecule has 9 heteroatoms. The second kappa shape index (κ2) is 10.0. The van der Waals surface area contributed by atoms with E-state index in [4.69, 9.17) is 9.47 Å². The molecule has 0 aliphatic carbocycles. The van der Waals surface area contributed by atoms with Crippen molar-refractivity contribution in [1.82, 2.24) is 10.3 Å². The summed E-state index contributed by atoms with van der Waals surface area (Å²) < 4.78 is 49.8. The summed E-state index contributed by atoms with van der Waals surface area (Å²) in [6.45, 7) is 4.54. The van der Waals surface area contributed by atoms with E-state index in [2.05, 4.69) is 10.3 Å². The SMILES string of the molecule is COc1cc(-c2nc(C(=O)NCC(C)C)cs2)ccc1OCc1cccc(C(F)(F)F)c1. The molecule has 5 nitrogen and oxygen atoms in total. The van der Waals surface area contributed by atoms with E-state index >= 15 is 0 Å². The van der Waals surface area contributed by atoms with Gasteiger partial charge in [0.25, 0.3) is 5.91 Å². The first-order valence-electron chi connectivity index (χ1n) is 9.88. The van der Waals surface area contributed by atoms with Gasteiger partial charge in [0.05, 0.1) is 12.7 Å². The number of nitrogens with zero attached hydrogens (tertiary/aromatic N) is 1. The molecule has 0 radical (unpaired) electrons. The average molecular weight is 465 g/mol. The van der Waals surface area contributed by atoms with Gasteiger partial charge in [-0.25, -0.2) is 4.98 Å². The van der Waals surface area contributed by atoms with Crippen molar-refractivity contribution in [2.45, 2.75) is 26.6 Å². The molecule has 0 fully saturated rings. The number of nitrogens with one attached hydrogen (secondary N) is 1. The van der Waals surface area contributed by atoms with Crippen molar-refractivity contribution >= 4 is 17.2 Å². The van der Waals surface area contributed by atoms with Crippen LogP contribution in [0.15, 0.2) is 47.8 Å². The number of aromatic nitrogens is 1. The van der Waals surface area contributed by atoms with Crippen molar-refractivity contribution in [3.05, 3.63) is 64.7 Å². The number of halogens is 3. The Kier molecular flexibility index (Phi) is 7.40. The van der Waals surface area contributed by atoms with E-state index in [-0.39, 0.29) is 12.5 Å². The van der Waals surface area contributed by atoms with E-state index < -0.39 is 11.7 Å². The predicted molar refractivity (Wildman–Crippen MR) is 117 cm³/mol. The Morgan fingerprint density at radius 1 is 1.16 bits per heavy atom. The molecule has 1 aromatic heterocycles. The van der Waals surface area contributed by atoms with Crippen LogP contribution in [0.25, 0.3) is 10.6 Å². The van der Waals surface area contributed by atoms with Crippen molar-refractivity contribution in [3.8, 4) is 22.1 Å². The van der Waals surface area contributed by atoms with Gasteiger partial charge in [0.1, 0.15) is 17.3 Å². The first-order valence-corrected chi connectivity index (χ1v) is 10.8. The van der Waals surface area contributed by atoms with Gasteiger partial charge < -0.3 is 14.8 Å². The summed E-state index contributed by atoms with van der Waals surface area (Å²) in [4.78, 5) is 16.6. The molecule has 0 saturated heterocycles. The Bertz CT molecular complexity index is 1080. The van der Waals surface area contributed by atoms with Crippen molar-refractivity contribution in [3.63, 3.8) is 0 Å². The standard InChI is InChI=1S/C23H23F3N2O3S/c1-14(2)11-27-21(29)18-13-32-22(28-18)16-7-8-19(20(10-16)30-3)31-12-15-5-4-6-17(9-15)23(24,25)26/h4-10,13-14H,11-12H2,1-3H3,(H,27,29). The van der Waals surface area contributed by atoms with Crippen LogP contribution in [0.3, 0.4) is 0 Å². The molecule has 1 amide bonds. The van der Waals surface area contributed by atoms with Crippen molar-refractivity contribution in [2.75, 3.05) is 13.7 Å². The van der Waals surface area contributed by atoms with Crippen LogP contribution in [0, 0.1) is 5.92 Å². The molecule has 0 atom stereocenters. The Morgan fingerprint density at radius 2 is 1.94 bits per heavy atom. The minimum absolute atomic E-state index is 0.0446. The average Bonchev–Trinajstić information content (AvgIpc) is 3.26. The fourth-order valence-electron chi connectivity index (χ4n) is 2.82. The molecule has 2 aromatic carbocycles. The number of alkyl halides is 3. The van der Waals surface area contributed by atoms with Gasteiger partial charge in [-0.15, -0.1) is 11.3 Å². The number of carbonyl (C=O) groups is 1. The lowest BCUT2D eigenvalue weighted by atomic mass is 10.1. The molecule has 3 rings (SSSR count). The van der Waals surface area contributed by atoms with Gasteiger partial charge in [-0.1, -0.05) is 26.0 Å². The number of ether oxygens (including phenoxy) is 2. The molecule has 1 heterocycles. The van der Waals surface area contributed by atoms with Gasteiger partial charge in [0.2, 0.25) is 0 Å². The highest BCUT2D eigenvalue weighted by Gasteiger charge is 2.30. The number of rotatable bonds is 8. The highest BCUT2D eigenvalue weighted by molar-refractivity contribution is 7.13. The number of hydrogen-bond acceptors (Lipinski definition) is 5. The molecule has 0 spiro atoms. The van der Waals surface area contributed by atoms with Crippen LogP contribution in [0.2, 0.25) is 0 Å². The quantitative estimate of drug-likeness (QED) is 0.458. The topological polar surface area (TPSA) is 60.5 Å². The molecule has 3 aromatic rings. The highest BCUT2D eigenvalue weighted by Crippen LogP contribution is 2.35. The molecule has 0 saturated carbocycles. The Hall–Kier alpha value is -3.07. The third-order valence-electron chi connectivity index (χ3n) is 4.47. The van der Waals surface area contributed by atoms with Crippen LogP contribution in [0.1, 0.15) is 35.5 Å². The van der Waals surface area contributed by atoms with Crippen LogP contribution in [0.5, 0.6) is 11.5 Å². The van der Waals surface area contributed by atoms with Gasteiger partial charge >= 0.3 is 6.18 Å². The van der Waals surface area contributed by atoms with Gasteiger partial charge in [-0.05, 0) is 41.8 Å². The van der Waals surface area contributed by atoms with Gasteiger partial charge in [-0.3, -0.25) is 4.79 Å². The van der Waals surface area contributed by atoms with Crippen LogP contribution in [-0.4, -0.2) is 24.5 Å². The summed E-state index contributed by atoms with van der Waals surface area (Å²) >= 11 is 1.33. The van der Waals surface area contributed by atoms with Crippen LogP contribution in [0.4, 0.5) is 13.2 Å². The van der Waals surface area contributed by atoms with Gasteiger partial charge in [0, 0.05) is 17.5 Å². The normalized spacial score (nSPS) is 11.5. The number of benzene rings is 2. The number of amides is 1. The maximum Gasteiger partial charge on any atom is 0.416 e. The smallest absolute Gasteiger partial charge is 0.416 e. The molecule has 0 aliphatic rings.